The lowest BCUT2D eigenvalue weighted by Crippen LogP contribution is -2.51. The molecule has 1 aromatic rings. The van der Waals surface area contributed by atoms with Gasteiger partial charge in [-0.25, -0.2) is 9.59 Å². The number of hydrogen-bond donors (Lipinski definition) is 0. The number of hydrogen-bond acceptors (Lipinski definition) is 5. The van der Waals surface area contributed by atoms with Crippen molar-refractivity contribution in [3.63, 3.8) is 0 Å². The van der Waals surface area contributed by atoms with E-state index in [0.717, 1.165) is 12.0 Å². The van der Waals surface area contributed by atoms with Gasteiger partial charge in [-0.05, 0) is 50.4 Å². The zero-order chi connectivity index (χ0) is 19.0. The molecular formula is C20H32ClNO4. The van der Waals surface area contributed by atoms with E-state index < -0.39 is 17.7 Å². The van der Waals surface area contributed by atoms with E-state index >= 15 is 0 Å². The number of esters is 1. The Morgan fingerprint density at radius 3 is 2.04 bits per heavy atom. The van der Waals surface area contributed by atoms with Crippen molar-refractivity contribution in [2.45, 2.75) is 53.5 Å². The molecule has 0 saturated carbocycles. The molecule has 1 atom stereocenters. The van der Waals surface area contributed by atoms with Gasteiger partial charge in [0.2, 0.25) is 0 Å². The van der Waals surface area contributed by atoms with E-state index in [1.807, 2.05) is 43.0 Å². The Hall–Kier alpha value is -1.59. The van der Waals surface area contributed by atoms with Gasteiger partial charge in [0.25, 0.3) is 0 Å². The highest BCUT2D eigenvalue weighted by molar-refractivity contribution is 5.89. The van der Waals surface area contributed by atoms with E-state index in [4.69, 9.17) is 9.47 Å². The lowest BCUT2D eigenvalue weighted by atomic mass is 9.88. The van der Waals surface area contributed by atoms with Crippen LogP contribution in [0.25, 0.3) is 0 Å². The van der Waals surface area contributed by atoms with Gasteiger partial charge in [0.05, 0.1) is 6.61 Å². The quantitative estimate of drug-likeness (QED) is 0.484. The van der Waals surface area contributed by atoms with Crippen molar-refractivity contribution < 1.29 is 19.1 Å². The van der Waals surface area contributed by atoms with Crippen molar-refractivity contribution in [1.29, 1.82) is 0 Å². The molecule has 148 valence electrons. The predicted octanol–water partition coefficient (Wildman–Crippen LogP) is 4.56. The molecule has 0 amide bonds. The second-order valence-corrected chi connectivity index (χ2v) is 6.61. The van der Waals surface area contributed by atoms with E-state index in [-0.39, 0.29) is 19.0 Å². The average Bonchev–Trinajstić information content (AvgIpc) is 2.55. The maximum Gasteiger partial charge on any atom is 0.516 e. The molecule has 6 heteroatoms. The number of ether oxygens (including phenoxy) is 2. The summed E-state index contributed by atoms with van der Waals surface area (Å²) in [6.07, 6.45) is 0.0255. The van der Waals surface area contributed by atoms with Crippen LogP contribution in [-0.2, 0) is 26.2 Å². The first-order valence-corrected chi connectivity index (χ1v) is 9.02. The number of carbonyl (C=O) groups is 2. The van der Waals surface area contributed by atoms with Crippen LogP contribution in [0.2, 0.25) is 0 Å². The van der Waals surface area contributed by atoms with Gasteiger partial charge in [-0.15, -0.1) is 12.4 Å². The highest BCUT2D eigenvalue weighted by Gasteiger charge is 2.42. The molecule has 0 saturated heterocycles. The topological polar surface area (TPSA) is 55.8 Å². The van der Waals surface area contributed by atoms with Crippen molar-refractivity contribution in [3.8, 4) is 0 Å². The normalized spacial score (nSPS) is 13.1. The van der Waals surface area contributed by atoms with Gasteiger partial charge in [0.1, 0.15) is 5.54 Å². The highest BCUT2D eigenvalue weighted by atomic mass is 35.5. The summed E-state index contributed by atoms with van der Waals surface area (Å²) in [4.78, 5) is 26.4. The van der Waals surface area contributed by atoms with Crippen molar-refractivity contribution in [2.75, 3.05) is 19.7 Å². The average molecular weight is 386 g/mol. The van der Waals surface area contributed by atoms with Gasteiger partial charge in [0.15, 0.2) is 0 Å². The number of rotatable bonds is 8. The zero-order valence-corrected chi connectivity index (χ0v) is 17.5. The fraction of sp³-hybridized carbons (Fsp3) is 0.600. The Morgan fingerprint density at radius 1 is 1.08 bits per heavy atom. The standard InChI is InChI=1S/C20H31NO4.ClH/c1-7-21(8-2)20(6,18(22)25-19(23)24-9-3)17-12-10-16(11-13-17)14-15(4)5;/h10-13,15H,7-9,14H2,1-6H3;1H. The summed E-state index contributed by atoms with van der Waals surface area (Å²) in [5.74, 6) is -0.0555. The van der Waals surface area contributed by atoms with Gasteiger partial charge in [-0.2, -0.15) is 0 Å². The lowest BCUT2D eigenvalue weighted by Gasteiger charge is -2.38. The van der Waals surface area contributed by atoms with Crippen LogP contribution >= 0.6 is 12.4 Å². The van der Waals surface area contributed by atoms with Crippen molar-refractivity contribution in [1.82, 2.24) is 4.90 Å². The number of nitrogens with zero attached hydrogens (tertiary/aromatic N) is 1. The minimum Gasteiger partial charge on any atom is -0.434 e. The zero-order valence-electron chi connectivity index (χ0n) is 16.7. The summed E-state index contributed by atoms with van der Waals surface area (Å²) in [7, 11) is 0. The van der Waals surface area contributed by atoms with Crippen LogP contribution in [-0.4, -0.2) is 36.7 Å². The molecular weight excluding hydrogens is 354 g/mol. The van der Waals surface area contributed by atoms with Crippen molar-refractivity contribution >= 4 is 24.5 Å². The molecule has 26 heavy (non-hydrogen) atoms. The first-order valence-electron chi connectivity index (χ1n) is 9.02. The second kappa shape index (κ2) is 11.2. The van der Waals surface area contributed by atoms with Gasteiger partial charge in [-0.1, -0.05) is 52.0 Å². The van der Waals surface area contributed by atoms with E-state index in [0.29, 0.717) is 19.0 Å². The van der Waals surface area contributed by atoms with E-state index in [1.165, 1.54) is 5.56 Å². The summed E-state index contributed by atoms with van der Waals surface area (Å²) in [6, 6.07) is 7.97. The maximum absolute atomic E-state index is 12.8. The first-order chi connectivity index (χ1) is 11.8. The summed E-state index contributed by atoms with van der Waals surface area (Å²) < 4.78 is 9.70. The molecule has 0 radical (unpaired) electrons. The van der Waals surface area contributed by atoms with Gasteiger partial charge < -0.3 is 9.47 Å². The van der Waals surface area contributed by atoms with Crippen LogP contribution in [0.4, 0.5) is 4.79 Å². The van der Waals surface area contributed by atoms with E-state index in [2.05, 4.69) is 13.8 Å². The van der Waals surface area contributed by atoms with Gasteiger partial charge >= 0.3 is 12.1 Å². The smallest absolute Gasteiger partial charge is 0.434 e. The monoisotopic (exact) mass is 385 g/mol. The van der Waals surface area contributed by atoms with Crippen LogP contribution in [0.3, 0.4) is 0 Å². The van der Waals surface area contributed by atoms with Crippen LogP contribution in [0.15, 0.2) is 24.3 Å². The molecule has 0 spiro atoms. The molecule has 0 aliphatic heterocycles. The molecule has 0 bridgehead atoms. The molecule has 5 nitrogen and oxygen atoms in total. The van der Waals surface area contributed by atoms with E-state index in [1.54, 1.807) is 13.8 Å². The number of carbonyl (C=O) groups excluding carboxylic acids is 2. The highest BCUT2D eigenvalue weighted by Crippen LogP contribution is 2.30. The Kier molecular flexibility index (Phi) is 10.5. The number of likely N-dealkylation sites (N-methyl/N-ethyl adjacent to an activating group) is 1. The number of benzene rings is 1. The number of halogens is 1. The van der Waals surface area contributed by atoms with Crippen LogP contribution in [0.1, 0.15) is 52.7 Å². The molecule has 0 heterocycles. The van der Waals surface area contributed by atoms with Crippen LogP contribution in [0.5, 0.6) is 0 Å². The molecule has 0 aromatic heterocycles. The Balaban J connectivity index is 0.00000625. The Morgan fingerprint density at radius 2 is 1.62 bits per heavy atom. The van der Waals surface area contributed by atoms with Crippen LogP contribution < -0.4 is 0 Å². The van der Waals surface area contributed by atoms with Crippen LogP contribution in [0, 0.1) is 5.92 Å². The van der Waals surface area contributed by atoms with E-state index in [9.17, 15) is 9.59 Å². The van der Waals surface area contributed by atoms with Gasteiger partial charge in [0, 0.05) is 0 Å². The molecule has 0 fully saturated rings. The predicted molar refractivity (Wildman–Crippen MR) is 106 cm³/mol. The summed E-state index contributed by atoms with van der Waals surface area (Å²) in [5.41, 5.74) is 0.976. The molecule has 0 N–H and O–H groups in total. The summed E-state index contributed by atoms with van der Waals surface area (Å²) in [5, 5.41) is 0. The summed E-state index contributed by atoms with van der Waals surface area (Å²) in [6.45, 7) is 13.2. The molecule has 1 rings (SSSR count). The fourth-order valence-corrected chi connectivity index (χ4v) is 3.04. The van der Waals surface area contributed by atoms with Crippen molar-refractivity contribution in [2.24, 2.45) is 5.92 Å². The second-order valence-electron chi connectivity index (χ2n) is 6.61. The molecule has 1 aromatic carbocycles. The van der Waals surface area contributed by atoms with Gasteiger partial charge in [-0.3, -0.25) is 4.90 Å². The fourth-order valence-electron chi connectivity index (χ4n) is 3.04. The molecule has 0 aliphatic carbocycles. The minimum atomic E-state index is -1.05. The first kappa shape index (κ1) is 24.4. The maximum atomic E-state index is 12.8. The SMILES string of the molecule is CCOC(=O)OC(=O)C(C)(c1ccc(CC(C)C)cc1)N(CC)CC.Cl. The Labute approximate surface area is 163 Å². The van der Waals surface area contributed by atoms with Crippen molar-refractivity contribution in [3.05, 3.63) is 35.4 Å². The lowest BCUT2D eigenvalue weighted by molar-refractivity contribution is -0.153. The third-order valence-electron chi connectivity index (χ3n) is 4.39. The largest absolute Gasteiger partial charge is 0.516 e. The minimum absolute atomic E-state index is 0. The molecule has 0 aliphatic rings. The third-order valence-corrected chi connectivity index (χ3v) is 4.39. The Bertz CT molecular complexity index is 570. The summed E-state index contributed by atoms with van der Waals surface area (Å²) >= 11 is 0. The third kappa shape index (κ3) is 5.99. The molecule has 1 unspecified atom stereocenters.